The van der Waals surface area contributed by atoms with E-state index >= 15 is 0 Å². The van der Waals surface area contributed by atoms with Crippen LogP contribution in [-0.4, -0.2) is 27.7 Å². The van der Waals surface area contributed by atoms with E-state index in [4.69, 9.17) is 9.94 Å². The molecule has 2 rings (SSSR count). The maximum atomic E-state index is 11.3. The van der Waals surface area contributed by atoms with Gasteiger partial charge in [0.15, 0.2) is 0 Å². The highest BCUT2D eigenvalue weighted by molar-refractivity contribution is 5.96. The molecule has 0 saturated carbocycles. The first-order valence-corrected chi connectivity index (χ1v) is 6.08. The van der Waals surface area contributed by atoms with Crippen LogP contribution >= 0.6 is 0 Å². The van der Waals surface area contributed by atoms with Gasteiger partial charge in [-0.25, -0.2) is 15.4 Å². The minimum atomic E-state index is -0.582. The average molecular weight is 261 g/mol. The van der Waals surface area contributed by atoms with Gasteiger partial charge >= 0.3 is 0 Å². The summed E-state index contributed by atoms with van der Waals surface area (Å²) in [6, 6.07) is 4.80. The van der Waals surface area contributed by atoms with Crippen molar-refractivity contribution >= 4 is 16.9 Å². The van der Waals surface area contributed by atoms with E-state index < -0.39 is 5.91 Å². The predicted molar refractivity (Wildman–Crippen MR) is 69.2 cm³/mol. The number of benzene rings is 1. The molecule has 0 aliphatic rings. The quantitative estimate of drug-likeness (QED) is 0.488. The van der Waals surface area contributed by atoms with Gasteiger partial charge in [0.25, 0.3) is 5.91 Å². The Kier molecular flexibility index (Phi) is 4.25. The lowest BCUT2D eigenvalue weighted by Gasteiger charge is -2.05. The van der Waals surface area contributed by atoms with E-state index in [9.17, 15) is 4.79 Å². The summed E-state index contributed by atoms with van der Waals surface area (Å²) in [5, 5.41) is 8.60. The molecule has 1 heterocycles. The maximum Gasteiger partial charge on any atom is 0.274 e. The molecule has 0 aliphatic carbocycles. The summed E-state index contributed by atoms with van der Waals surface area (Å²) in [5.74, 6) is -0.150. The SMILES string of the molecule is CCCCOc1cnc2ccc(C(=O)NO)cc2n1. The van der Waals surface area contributed by atoms with Gasteiger partial charge in [-0.15, -0.1) is 0 Å². The molecule has 0 aliphatic heterocycles. The van der Waals surface area contributed by atoms with Crippen LogP contribution in [0, 0.1) is 0 Å². The standard InChI is InChI=1S/C13H15N3O3/c1-2-3-6-19-12-8-14-10-5-4-9(13(17)16-18)7-11(10)15-12/h4-5,7-8,18H,2-3,6H2,1H3,(H,16,17). The molecule has 19 heavy (non-hydrogen) atoms. The zero-order valence-electron chi connectivity index (χ0n) is 10.6. The monoisotopic (exact) mass is 261 g/mol. The van der Waals surface area contributed by atoms with Crippen molar-refractivity contribution in [2.24, 2.45) is 0 Å². The minimum absolute atomic E-state index is 0.315. The summed E-state index contributed by atoms with van der Waals surface area (Å²) in [6.07, 6.45) is 3.55. The third-order valence-corrected chi connectivity index (χ3v) is 2.63. The summed E-state index contributed by atoms with van der Waals surface area (Å²) < 4.78 is 5.46. The van der Waals surface area contributed by atoms with Crippen molar-refractivity contribution in [1.29, 1.82) is 0 Å². The van der Waals surface area contributed by atoms with E-state index in [-0.39, 0.29) is 0 Å². The van der Waals surface area contributed by atoms with Crippen LogP contribution in [0.4, 0.5) is 0 Å². The molecule has 0 saturated heterocycles. The third kappa shape index (κ3) is 3.17. The number of hydrogen-bond donors (Lipinski definition) is 2. The van der Waals surface area contributed by atoms with Crippen LogP contribution in [0.5, 0.6) is 5.88 Å². The fourth-order valence-corrected chi connectivity index (χ4v) is 1.59. The molecule has 0 unspecified atom stereocenters. The van der Waals surface area contributed by atoms with Crippen LogP contribution in [0.2, 0.25) is 0 Å². The van der Waals surface area contributed by atoms with Crippen molar-refractivity contribution in [3.05, 3.63) is 30.0 Å². The smallest absolute Gasteiger partial charge is 0.274 e. The number of rotatable bonds is 5. The molecule has 0 fully saturated rings. The molecular weight excluding hydrogens is 246 g/mol. The lowest BCUT2D eigenvalue weighted by atomic mass is 10.2. The Morgan fingerprint density at radius 1 is 1.42 bits per heavy atom. The van der Waals surface area contributed by atoms with E-state index in [1.54, 1.807) is 29.9 Å². The second-order valence-corrected chi connectivity index (χ2v) is 4.05. The van der Waals surface area contributed by atoms with Gasteiger partial charge in [-0.05, 0) is 24.6 Å². The highest BCUT2D eigenvalue weighted by Gasteiger charge is 2.07. The number of aromatic nitrogens is 2. The van der Waals surface area contributed by atoms with Crippen LogP contribution in [0.3, 0.4) is 0 Å². The van der Waals surface area contributed by atoms with Crippen LogP contribution in [0.25, 0.3) is 11.0 Å². The average Bonchev–Trinajstić information content (AvgIpc) is 2.46. The third-order valence-electron chi connectivity index (χ3n) is 2.63. The predicted octanol–water partition coefficient (Wildman–Crippen LogP) is 1.93. The Morgan fingerprint density at radius 2 is 2.26 bits per heavy atom. The van der Waals surface area contributed by atoms with Gasteiger partial charge in [0.2, 0.25) is 5.88 Å². The minimum Gasteiger partial charge on any atom is -0.477 e. The van der Waals surface area contributed by atoms with E-state index in [2.05, 4.69) is 16.9 Å². The summed E-state index contributed by atoms with van der Waals surface area (Å²) in [5.41, 5.74) is 3.11. The maximum absolute atomic E-state index is 11.3. The van der Waals surface area contributed by atoms with Crippen LogP contribution in [0.1, 0.15) is 30.1 Å². The second-order valence-electron chi connectivity index (χ2n) is 4.05. The van der Waals surface area contributed by atoms with Crippen LogP contribution < -0.4 is 10.2 Å². The first kappa shape index (κ1) is 13.2. The van der Waals surface area contributed by atoms with E-state index in [0.29, 0.717) is 29.1 Å². The largest absolute Gasteiger partial charge is 0.477 e. The van der Waals surface area contributed by atoms with E-state index in [1.807, 2.05) is 0 Å². The molecule has 2 aromatic rings. The van der Waals surface area contributed by atoms with Gasteiger partial charge in [-0.1, -0.05) is 13.3 Å². The van der Waals surface area contributed by atoms with Gasteiger partial charge in [0, 0.05) is 5.56 Å². The highest BCUT2D eigenvalue weighted by Crippen LogP contribution is 2.15. The lowest BCUT2D eigenvalue weighted by molar-refractivity contribution is 0.0706. The molecular formula is C13H15N3O3. The van der Waals surface area contributed by atoms with Crippen LogP contribution in [-0.2, 0) is 0 Å². The summed E-state index contributed by atoms with van der Waals surface area (Å²) in [6.45, 7) is 2.67. The fourth-order valence-electron chi connectivity index (χ4n) is 1.59. The lowest BCUT2D eigenvalue weighted by Crippen LogP contribution is -2.18. The van der Waals surface area contributed by atoms with Gasteiger partial charge in [-0.3, -0.25) is 10.0 Å². The number of carbonyl (C=O) groups is 1. The number of hydroxylamine groups is 1. The van der Waals surface area contributed by atoms with E-state index in [1.165, 1.54) is 0 Å². The Hall–Kier alpha value is -2.21. The Balaban J connectivity index is 2.26. The molecule has 6 nitrogen and oxygen atoms in total. The second kappa shape index (κ2) is 6.10. The summed E-state index contributed by atoms with van der Waals surface area (Å²) in [4.78, 5) is 19.8. The van der Waals surface area contributed by atoms with Gasteiger partial charge in [0.1, 0.15) is 0 Å². The van der Waals surface area contributed by atoms with Crippen molar-refractivity contribution in [1.82, 2.24) is 15.4 Å². The molecule has 0 spiro atoms. The first-order chi connectivity index (χ1) is 9.24. The topological polar surface area (TPSA) is 84.3 Å². The molecule has 6 heteroatoms. The van der Waals surface area contributed by atoms with E-state index in [0.717, 1.165) is 12.8 Å². The molecule has 0 radical (unpaired) electrons. The molecule has 2 N–H and O–H groups in total. The summed E-state index contributed by atoms with van der Waals surface area (Å²) in [7, 11) is 0. The number of fused-ring (bicyclic) bond motifs is 1. The van der Waals surface area contributed by atoms with Crippen molar-refractivity contribution in [3.63, 3.8) is 0 Å². The zero-order valence-corrected chi connectivity index (χ0v) is 10.6. The number of unbranched alkanes of at least 4 members (excludes halogenated alkanes) is 1. The van der Waals surface area contributed by atoms with Crippen molar-refractivity contribution in [3.8, 4) is 5.88 Å². The number of nitrogens with one attached hydrogen (secondary N) is 1. The van der Waals surface area contributed by atoms with Crippen molar-refractivity contribution in [2.75, 3.05) is 6.61 Å². The molecule has 100 valence electrons. The van der Waals surface area contributed by atoms with Crippen molar-refractivity contribution < 1.29 is 14.7 Å². The Labute approximate surface area is 110 Å². The number of hydrogen-bond acceptors (Lipinski definition) is 5. The number of amides is 1. The number of ether oxygens (including phenoxy) is 1. The normalized spacial score (nSPS) is 10.4. The number of carbonyl (C=O) groups excluding carboxylic acids is 1. The van der Waals surface area contributed by atoms with Gasteiger partial charge in [0.05, 0.1) is 23.8 Å². The molecule has 0 atom stereocenters. The van der Waals surface area contributed by atoms with Crippen molar-refractivity contribution in [2.45, 2.75) is 19.8 Å². The molecule has 1 aromatic heterocycles. The fraction of sp³-hybridized carbons (Fsp3) is 0.308. The van der Waals surface area contributed by atoms with Gasteiger partial charge < -0.3 is 4.74 Å². The first-order valence-electron chi connectivity index (χ1n) is 6.08. The van der Waals surface area contributed by atoms with Crippen LogP contribution in [0.15, 0.2) is 24.4 Å². The zero-order chi connectivity index (χ0) is 13.7. The Morgan fingerprint density at radius 3 is 3.00 bits per heavy atom. The Bertz CT molecular complexity index is 586. The highest BCUT2D eigenvalue weighted by atomic mass is 16.5. The summed E-state index contributed by atoms with van der Waals surface area (Å²) >= 11 is 0. The molecule has 1 aromatic carbocycles. The molecule has 1 amide bonds. The van der Waals surface area contributed by atoms with Gasteiger partial charge in [-0.2, -0.15) is 0 Å². The molecule has 0 bridgehead atoms. The number of nitrogens with zero attached hydrogens (tertiary/aromatic N) is 2.